The third kappa shape index (κ3) is 3.95. The Morgan fingerprint density at radius 3 is 2.65 bits per heavy atom. The lowest BCUT2D eigenvalue weighted by Crippen LogP contribution is -2.47. The molecule has 0 saturated carbocycles. The highest BCUT2D eigenvalue weighted by Gasteiger charge is 2.21. The molecule has 0 amide bonds. The van der Waals surface area contributed by atoms with E-state index in [9.17, 15) is 0 Å². The molecular weight excluding hydrogens is 252 g/mol. The second-order valence-electron chi connectivity index (χ2n) is 5.41. The van der Waals surface area contributed by atoms with Crippen LogP contribution in [0.1, 0.15) is 24.9 Å². The summed E-state index contributed by atoms with van der Waals surface area (Å²) in [6.07, 6.45) is 0.880. The fraction of sp³-hybridized carbons (Fsp3) is 0.625. The molecule has 1 aliphatic rings. The molecule has 20 heavy (non-hydrogen) atoms. The maximum absolute atomic E-state index is 8.89. The van der Waals surface area contributed by atoms with Crippen LogP contribution in [0.2, 0.25) is 0 Å². The SMILES string of the molecule is COc1cccc(C(C)N2CCN(CCCO)CC2)c1. The molecule has 1 N–H and O–H groups in total. The van der Waals surface area contributed by atoms with Gasteiger partial charge in [-0.15, -0.1) is 0 Å². The first-order chi connectivity index (χ1) is 9.74. The zero-order valence-corrected chi connectivity index (χ0v) is 12.6. The van der Waals surface area contributed by atoms with Gasteiger partial charge in [-0.1, -0.05) is 12.1 Å². The van der Waals surface area contributed by atoms with Crippen molar-refractivity contribution >= 4 is 0 Å². The van der Waals surface area contributed by atoms with Crippen molar-refractivity contribution in [2.45, 2.75) is 19.4 Å². The fourth-order valence-electron chi connectivity index (χ4n) is 2.78. The number of aliphatic hydroxyl groups is 1. The monoisotopic (exact) mass is 278 g/mol. The molecule has 1 aromatic carbocycles. The van der Waals surface area contributed by atoms with E-state index in [1.54, 1.807) is 7.11 Å². The van der Waals surface area contributed by atoms with E-state index in [0.29, 0.717) is 12.6 Å². The standard InChI is InChI=1S/C16H26N2O2/c1-14(15-5-3-6-16(13-15)20-2)18-10-8-17(9-11-18)7-4-12-19/h3,5-6,13-14,19H,4,7-12H2,1-2H3. The van der Waals surface area contributed by atoms with E-state index in [1.807, 2.05) is 6.07 Å². The van der Waals surface area contributed by atoms with Crippen molar-refractivity contribution in [2.24, 2.45) is 0 Å². The third-order valence-corrected chi connectivity index (χ3v) is 4.16. The number of methoxy groups -OCH3 is 1. The number of benzene rings is 1. The summed E-state index contributed by atoms with van der Waals surface area (Å²) in [5, 5.41) is 8.89. The number of ether oxygens (including phenoxy) is 1. The normalized spacial score (nSPS) is 18.9. The van der Waals surface area contributed by atoms with Crippen molar-refractivity contribution in [1.82, 2.24) is 9.80 Å². The number of nitrogens with zero attached hydrogens (tertiary/aromatic N) is 2. The largest absolute Gasteiger partial charge is 0.497 e. The minimum atomic E-state index is 0.292. The van der Waals surface area contributed by atoms with Crippen molar-refractivity contribution in [2.75, 3.05) is 46.4 Å². The average Bonchev–Trinajstić information content (AvgIpc) is 2.52. The number of hydrogen-bond acceptors (Lipinski definition) is 4. The number of aliphatic hydroxyl groups excluding tert-OH is 1. The van der Waals surface area contributed by atoms with Gasteiger partial charge in [0.1, 0.15) is 5.75 Å². The Balaban J connectivity index is 1.89. The Hall–Kier alpha value is -1.10. The summed E-state index contributed by atoms with van der Waals surface area (Å²) in [5.74, 6) is 0.927. The van der Waals surface area contributed by atoms with E-state index in [-0.39, 0.29) is 0 Å². The highest BCUT2D eigenvalue weighted by Crippen LogP contribution is 2.24. The Labute approximate surface area is 122 Å². The summed E-state index contributed by atoms with van der Waals surface area (Å²) >= 11 is 0. The van der Waals surface area contributed by atoms with Crippen LogP contribution >= 0.6 is 0 Å². The zero-order chi connectivity index (χ0) is 14.4. The summed E-state index contributed by atoms with van der Waals surface area (Å²) in [5.41, 5.74) is 1.31. The van der Waals surface area contributed by atoms with Gasteiger partial charge in [0, 0.05) is 45.4 Å². The topological polar surface area (TPSA) is 35.9 Å². The molecule has 1 aromatic rings. The lowest BCUT2D eigenvalue weighted by molar-refractivity contribution is 0.0971. The summed E-state index contributed by atoms with van der Waals surface area (Å²) in [6, 6.07) is 8.77. The van der Waals surface area contributed by atoms with Gasteiger partial charge in [0.05, 0.1) is 7.11 Å². The van der Waals surface area contributed by atoms with Crippen LogP contribution in [0.5, 0.6) is 5.75 Å². The van der Waals surface area contributed by atoms with E-state index in [2.05, 4.69) is 34.9 Å². The van der Waals surface area contributed by atoms with Gasteiger partial charge in [0.25, 0.3) is 0 Å². The molecule has 0 spiro atoms. The zero-order valence-electron chi connectivity index (χ0n) is 12.6. The van der Waals surface area contributed by atoms with E-state index < -0.39 is 0 Å². The van der Waals surface area contributed by atoms with Crippen LogP contribution < -0.4 is 4.74 Å². The molecule has 1 atom stereocenters. The van der Waals surface area contributed by atoms with Crippen LogP contribution in [0.4, 0.5) is 0 Å². The van der Waals surface area contributed by atoms with Gasteiger partial charge in [0.2, 0.25) is 0 Å². The van der Waals surface area contributed by atoms with Crippen molar-refractivity contribution in [3.63, 3.8) is 0 Å². The predicted molar refractivity (Wildman–Crippen MR) is 81.1 cm³/mol. The lowest BCUT2D eigenvalue weighted by Gasteiger charge is -2.38. The van der Waals surface area contributed by atoms with Crippen LogP contribution in [0.15, 0.2) is 24.3 Å². The van der Waals surface area contributed by atoms with Gasteiger partial charge in [-0.2, -0.15) is 0 Å². The van der Waals surface area contributed by atoms with Crippen LogP contribution in [0.25, 0.3) is 0 Å². The van der Waals surface area contributed by atoms with Gasteiger partial charge < -0.3 is 14.7 Å². The average molecular weight is 278 g/mol. The molecule has 4 nitrogen and oxygen atoms in total. The lowest BCUT2D eigenvalue weighted by atomic mass is 10.1. The van der Waals surface area contributed by atoms with Crippen LogP contribution in [0, 0.1) is 0 Å². The quantitative estimate of drug-likeness (QED) is 0.860. The first-order valence-corrected chi connectivity index (χ1v) is 7.46. The van der Waals surface area contributed by atoms with Gasteiger partial charge >= 0.3 is 0 Å². The van der Waals surface area contributed by atoms with Crippen LogP contribution in [-0.4, -0.2) is 61.3 Å². The summed E-state index contributed by atoms with van der Waals surface area (Å²) < 4.78 is 5.30. The second kappa shape index (κ2) is 7.62. The molecule has 1 saturated heterocycles. The third-order valence-electron chi connectivity index (χ3n) is 4.16. The molecule has 0 bridgehead atoms. The Bertz CT molecular complexity index is 403. The Morgan fingerprint density at radius 2 is 2.00 bits per heavy atom. The van der Waals surface area contributed by atoms with Gasteiger partial charge in [-0.25, -0.2) is 0 Å². The first-order valence-electron chi connectivity index (χ1n) is 7.46. The van der Waals surface area contributed by atoms with E-state index >= 15 is 0 Å². The minimum Gasteiger partial charge on any atom is -0.497 e. The van der Waals surface area contributed by atoms with Crippen LogP contribution in [-0.2, 0) is 0 Å². The van der Waals surface area contributed by atoms with E-state index in [1.165, 1.54) is 5.56 Å². The molecule has 1 aliphatic heterocycles. The number of piperazine rings is 1. The molecule has 1 unspecified atom stereocenters. The van der Waals surface area contributed by atoms with Gasteiger partial charge in [-0.3, -0.25) is 4.90 Å². The van der Waals surface area contributed by atoms with E-state index in [0.717, 1.165) is 44.9 Å². The van der Waals surface area contributed by atoms with Crippen LogP contribution in [0.3, 0.4) is 0 Å². The molecule has 112 valence electrons. The van der Waals surface area contributed by atoms with E-state index in [4.69, 9.17) is 9.84 Å². The molecule has 0 aliphatic carbocycles. The molecule has 1 fully saturated rings. The minimum absolute atomic E-state index is 0.292. The fourth-order valence-corrected chi connectivity index (χ4v) is 2.78. The smallest absolute Gasteiger partial charge is 0.119 e. The number of hydrogen-bond donors (Lipinski definition) is 1. The predicted octanol–water partition coefficient (Wildman–Crippen LogP) is 1.76. The second-order valence-corrected chi connectivity index (χ2v) is 5.41. The maximum atomic E-state index is 8.89. The molecule has 0 aromatic heterocycles. The molecule has 2 rings (SSSR count). The Morgan fingerprint density at radius 1 is 1.25 bits per heavy atom. The first kappa shape index (κ1) is 15.3. The molecule has 1 heterocycles. The van der Waals surface area contributed by atoms with Crippen molar-refractivity contribution in [1.29, 1.82) is 0 Å². The van der Waals surface area contributed by atoms with Gasteiger partial charge in [-0.05, 0) is 31.0 Å². The molecule has 4 heteroatoms. The highest BCUT2D eigenvalue weighted by molar-refractivity contribution is 5.30. The highest BCUT2D eigenvalue weighted by atomic mass is 16.5. The van der Waals surface area contributed by atoms with Crippen molar-refractivity contribution in [3.05, 3.63) is 29.8 Å². The summed E-state index contributed by atoms with van der Waals surface area (Å²) in [7, 11) is 1.71. The van der Waals surface area contributed by atoms with Gasteiger partial charge in [0.15, 0.2) is 0 Å². The summed E-state index contributed by atoms with van der Waals surface area (Å²) in [6.45, 7) is 7.92. The van der Waals surface area contributed by atoms with Crippen molar-refractivity contribution in [3.8, 4) is 5.75 Å². The Kier molecular flexibility index (Phi) is 5.83. The number of rotatable bonds is 6. The molecular formula is C16H26N2O2. The molecule has 0 radical (unpaired) electrons. The maximum Gasteiger partial charge on any atom is 0.119 e. The summed E-state index contributed by atoms with van der Waals surface area (Å²) in [4.78, 5) is 4.95. The van der Waals surface area contributed by atoms with Crippen molar-refractivity contribution < 1.29 is 9.84 Å².